The Bertz CT molecular complexity index is 364. The molecule has 1 heterocycles. The zero-order valence-electron chi connectivity index (χ0n) is 10.1. The maximum Gasteiger partial charge on any atom is 0.328 e. The van der Waals surface area contributed by atoms with Crippen molar-refractivity contribution in [3.8, 4) is 0 Å². The fourth-order valence-electron chi connectivity index (χ4n) is 2.28. The van der Waals surface area contributed by atoms with Gasteiger partial charge in [0.2, 0.25) is 11.8 Å². The summed E-state index contributed by atoms with van der Waals surface area (Å²) in [5.41, 5.74) is 0. The van der Waals surface area contributed by atoms with Crippen LogP contribution < -0.4 is 10.6 Å². The van der Waals surface area contributed by atoms with E-state index in [1.54, 1.807) is 0 Å². The summed E-state index contributed by atoms with van der Waals surface area (Å²) in [6.07, 6.45) is 8.13. The molecule has 0 aromatic carbocycles. The number of nitrogens with zero attached hydrogens (tertiary/aromatic N) is 1. The highest BCUT2D eigenvalue weighted by Gasteiger charge is 2.32. The Hall–Kier alpha value is -1.72. The Morgan fingerprint density at radius 1 is 0.944 bits per heavy atom. The zero-order chi connectivity index (χ0) is 13.0. The maximum absolute atomic E-state index is 11.5. The van der Waals surface area contributed by atoms with E-state index >= 15 is 0 Å². The fraction of sp³-hybridized carbons (Fsp3) is 0.667. The number of hydrogen-bond donors (Lipinski definition) is 2. The van der Waals surface area contributed by atoms with Crippen molar-refractivity contribution in [3.05, 3.63) is 0 Å². The Labute approximate surface area is 105 Å². The average Bonchev–Trinajstić information content (AvgIpc) is 2.56. The van der Waals surface area contributed by atoms with Gasteiger partial charge in [-0.3, -0.25) is 25.2 Å². The van der Waals surface area contributed by atoms with E-state index in [-0.39, 0.29) is 6.04 Å². The lowest BCUT2D eigenvalue weighted by Gasteiger charge is -2.18. The number of carbonyl (C=O) groups is 3. The Kier molecular flexibility index (Phi) is 4.07. The third kappa shape index (κ3) is 3.15. The van der Waals surface area contributed by atoms with Crippen LogP contribution in [0.5, 0.6) is 0 Å². The van der Waals surface area contributed by atoms with Gasteiger partial charge in [0, 0.05) is 12.3 Å². The quantitative estimate of drug-likeness (QED) is 0.431. The van der Waals surface area contributed by atoms with Crippen LogP contribution in [-0.4, -0.2) is 30.1 Å². The largest absolute Gasteiger partial charge is 0.328 e. The standard InChI is InChI=1S/C12H17N3O3/c16-10-9(11(17)15-12(18)14-10)7-13-8-5-3-1-2-4-6-8/h7-9H,1-6H2,(H2,14,15,16,17,18). The molecule has 0 radical (unpaired) electrons. The van der Waals surface area contributed by atoms with Crippen molar-refractivity contribution in [2.75, 3.05) is 0 Å². The van der Waals surface area contributed by atoms with Gasteiger partial charge in [-0.15, -0.1) is 0 Å². The second-order valence-corrected chi connectivity index (χ2v) is 4.73. The minimum atomic E-state index is -0.981. The molecule has 6 heteroatoms. The number of nitrogens with one attached hydrogen (secondary N) is 2. The number of barbiturate groups is 1. The molecule has 1 aliphatic carbocycles. The molecule has 0 aromatic heterocycles. The van der Waals surface area contributed by atoms with Crippen molar-refractivity contribution < 1.29 is 14.4 Å². The minimum Gasteiger partial charge on any atom is -0.293 e. The number of hydrogen-bond acceptors (Lipinski definition) is 4. The molecule has 0 spiro atoms. The maximum atomic E-state index is 11.5. The smallest absolute Gasteiger partial charge is 0.293 e. The monoisotopic (exact) mass is 251 g/mol. The van der Waals surface area contributed by atoms with Gasteiger partial charge < -0.3 is 0 Å². The van der Waals surface area contributed by atoms with Crippen LogP contribution in [0.15, 0.2) is 4.99 Å². The zero-order valence-corrected chi connectivity index (χ0v) is 10.1. The lowest BCUT2D eigenvalue weighted by molar-refractivity contribution is -0.132. The first-order chi connectivity index (χ1) is 8.66. The minimum absolute atomic E-state index is 0.200. The van der Waals surface area contributed by atoms with Gasteiger partial charge in [-0.25, -0.2) is 4.79 Å². The summed E-state index contributed by atoms with van der Waals surface area (Å²) >= 11 is 0. The van der Waals surface area contributed by atoms with Gasteiger partial charge in [0.15, 0.2) is 5.92 Å². The van der Waals surface area contributed by atoms with E-state index < -0.39 is 23.8 Å². The molecule has 2 aliphatic rings. The van der Waals surface area contributed by atoms with Crippen LogP contribution in [0.2, 0.25) is 0 Å². The summed E-state index contributed by atoms with van der Waals surface area (Å²) in [5.74, 6) is -2.17. The summed E-state index contributed by atoms with van der Waals surface area (Å²) < 4.78 is 0. The second-order valence-electron chi connectivity index (χ2n) is 4.73. The first kappa shape index (κ1) is 12.7. The van der Waals surface area contributed by atoms with E-state index in [1.165, 1.54) is 19.1 Å². The van der Waals surface area contributed by atoms with Crippen molar-refractivity contribution in [1.29, 1.82) is 0 Å². The van der Waals surface area contributed by atoms with Gasteiger partial charge in [0.05, 0.1) is 0 Å². The Morgan fingerprint density at radius 3 is 2.06 bits per heavy atom. The van der Waals surface area contributed by atoms with Crippen LogP contribution >= 0.6 is 0 Å². The molecule has 0 atom stereocenters. The van der Waals surface area contributed by atoms with Crippen molar-refractivity contribution >= 4 is 24.1 Å². The van der Waals surface area contributed by atoms with Gasteiger partial charge in [0.1, 0.15) is 0 Å². The molecular weight excluding hydrogens is 234 g/mol. The molecule has 1 saturated heterocycles. The SMILES string of the molecule is O=C1NC(=O)C(C=NC2CCCCCC2)C(=O)N1. The van der Waals surface area contributed by atoms with Crippen molar-refractivity contribution in [2.24, 2.45) is 10.9 Å². The van der Waals surface area contributed by atoms with Crippen molar-refractivity contribution in [2.45, 2.75) is 44.6 Å². The predicted octanol–water partition coefficient (Wildman–Crippen LogP) is 0.762. The number of amides is 4. The molecule has 98 valence electrons. The number of carbonyl (C=O) groups excluding carboxylic acids is 3. The van der Waals surface area contributed by atoms with E-state index in [1.807, 2.05) is 0 Å². The first-order valence-corrected chi connectivity index (χ1v) is 6.36. The summed E-state index contributed by atoms with van der Waals surface area (Å²) in [6, 6.07) is -0.560. The highest BCUT2D eigenvalue weighted by molar-refractivity contribution is 6.23. The summed E-state index contributed by atoms with van der Waals surface area (Å²) in [5, 5.41) is 4.12. The lowest BCUT2D eigenvalue weighted by atomic mass is 10.1. The Balaban J connectivity index is 1.96. The number of imide groups is 2. The van der Waals surface area contributed by atoms with Crippen LogP contribution in [0, 0.1) is 5.92 Å². The number of rotatable bonds is 2. The third-order valence-corrected chi connectivity index (χ3v) is 3.31. The van der Waals surface area contributed by atoms with Crippen molar-refractivity contribution in [1.82, 2.24) is 10.6 Å². The van der Waals surface area contributed by atoms with Crippen LogP contribution in [0.1, 0.15) is 38.5 Å². The normalized spacial score (nSPS) is 23.9. The number of urea groups is 1. The van der Waals surface area contributed by atoms with Crippen molar-refractivity contribution in [3.63, 3.8) is 0 Å². The second kappa shape index (κ2) is 5.75. The average molecular weight is 251 g/mol. The molecular formula is C12H17N3O3. The summed E-state index contributed by atoms with van der Waals surface area (Å²) in [7, 11) is 0. The van der Waals surface area contributed by atoms with Crippen LogP contribution in [0.4, 0.5) is 4.79 Å². The molecule has 2 N–H and O–H groups in total. The van der Waals surface area contributed by atoms with Gasteiger partial charge in [-0.05, 0) is 12.8 Å². The molecule has 1 saturated carbocycles. The topological polar surface area (TPSA) is 87.6 Å². The predicted molar refractivity (Wildman–Crippen MR) is 65.2 cm³/mol. The number of aliphatic imine (C=N–C) groups is 1. The molecule has 2 fully saturated rings. The molecule has 18 heavy (non-hydrogen) atoms. The molecule has 0 bridgehead atoms. The van der Waals surface area contributed by atoms with E-state index in [9.17, 15) is 14.4 Å². The highest BCUT2D eigenvalue weighted by atomic mass is 16.2. The van der Waals surface area contributed by atoms with Crippen LogP contribution in [-0.2, 0) is 9.59 Å². The van der Waals surface area contributed by atoms with E-state index in [2.05, 4.69) is 15.6 Å². The van der Waals surface area contributed by atoms with E-state index in [0.717, 1.165) is 25.7 Å². The molecule has 4 amide bonds. The summed E-state index contributed by atoms with van der Waals surface area (Å²) in [6.45, 7) is 0. The molecule has 0 unspecified atom stereocenters. The Morgan fingerprint density at radius 2 is 1.50 bits per heavy atom. The molecule has 2 rings (SSSR count). The van der Waals surface area contributed by atoms with E-state index in [0.29, 0.717) is 0 Å². The summed E-state index contributed by atoms with van der Waals surface area (Å²) in [4.78, 5) is 38.2. The third-order valence-electron chi connectivity index (χ3n) is 3.31. The van der Waals surface area contributed by atoms with Gasteiger partial charge in [0.25, 0.3) is 0 Å². The van der Waals surface area contributed by atoms with E-state index in [4.69, 9.17) is 0 Å². The molecule has 1 aliphatic heterocycles. The van der Waals surface area contributed by atoms with Gasteiger partial charge >= 0.3 is 6.03 Å². The lowest BCUT2D eigenvalue weighted by Crippen LogP contribution is -2.56. The molecule has 6 nitrogen and oxygen atoms in total. The highest BCUT2D eigenvalue weighted by Crippen LogP contribution is 2.19. The van der Waals surface area contributed by atoms with Gasteiger partial charge in [-0.2, -0.15) is 0 Å². The first-order valence-electron chi connectivity index (χ1n) is 6.36. The van der Waals surface area contributed by atoms with Crippen LogP contribution in [0.3, 0.4) is 0 Å². The molecule has 0 aromatic rings. The fourth-order valence-corrected chi connectivity index (χ4v) is 2.28. The van der Waals surface area contributed by atoms with Crippen LogP contribution in [0.25, 0.3) is 0 Å². The van der Waals surface area contributed by atoms with Gasteiger partial charge in [-0.1, -0.05) is 25.7 Å².